The van der Waals surface area contributed by atoms with E-state index in [0.29, 0.717) is 41.0 Å². The van der Waals surface area contributed by atoms with Crippen LogP contribution in [0.5, 0.6) is 0 Å². The third-order valence-corrected chi connectivity index (χ3v) is 10.2. The number of hydrogen-bond donors (Lipinski definition) is 5. The smallest absolute Gasteiger partial charge is 0.371 e. The van der Waals surface area contributed by atoms with E-state index in [1.807, 2.05) is 0 Å². The Balaban J connectivity index is 1.23. The maximum Gasteiger partial charge on any atom is 0.371 e. The molecule has 2 aliphatic carbocycles. The van der Waals surface area contributed by atoms with Crippen molar-refractivity contribution in [3.63, 3.8) is 0 Å². The second-order valence-corrected chi connectivity index (χ2v) is 15.0. The fourth-order valence-electron chi connectivity index (χ4n) is 6.05. The van der Waals surface area contributed by atoms with Gasteiger partial charge >= 0.3 is 5.97 Å². The minimum atomic E-state index is -4.09. The molecule has 16 heteroatoms. The first-order valence-corrected chi connectivity index (χ1v) is 18.4. The lowest BCUT2D eigenvalue weighted by Gasteiger charge is -2.26. The molecule has 0 aliphatic heterocycles. The number of allylic oxidation sites excluding steroid dienone is 1. The topological polar surface area (TPSA) is 212 Å². The van der Waals surface area contributed by atoms with E-state index in [-0.39, 0.29) is 40.6 Å². The Morgan fingerprint density at radius 1 is 1.02 bits per heavy atom. The van der Waals surface area contributed by atoms with Gasteiger partial charge in [-0.05, 0) is 79.1 Å². The van der Waals surface area contributed by atoms with Gasteiger partial charge < -0.3 is 30.6 Å². The molecule has 0 spiro atoms. The van der Waals surface area contributed by atoms with Crippen molar-refractivity contribution >= 4 is 56.2 Å². The number of carboxylic acid groups (broad SMARTS) is 1. The second kappa shape index (κ2) is 14.2. The number of fused-ring (bicyclic) bond motifs is 1. The van der Waals surface area contributed by atoms with E-state index in [2.05, 4.69) is 16.0 Å². The minimum absolute atomic E-state index is 0.0448. The van der Waals surface area contributed by atoms with Gasteiger partial charge in [-0.25, -0.2) is 17.6 Å². The molecule has 0 atom stereocenters. The highest BCUT2D eigenvalue weighted by atomic mass is 32.2. The lowest BCUT2D eigenvalue weighted by Crippen LogP contribution is -2.52. The minimum Gasteiger partial charge on any atom is -0.502 e. The molecule has 3 aromatic carbocycles. The van der Waals surface area contributed by atoms with Crippen LogP contribution in [0.3, 0.4) is 0 Å². The quantitative estimate of drug-likeness (QED) is 0.0713. The first kappa shape index (κ1) is 36.8. The number of ketones is 1. The number of nitrogens with zero attached hydrogens (tertiary/aromatic N) is 1. The normalized spacial score (nSPS) is 15.0. The lowest BCUT2D eigenvalue weighted by molar-refractivity contribution is -0.135. The van der Waals surface area contributed by atoms with Crippen molar-refractivity contribution in [1.29, 1.82) is 0 Å². The zero-order chi connectivity index (χ0) is 38.2. The number of carbonyl (C=O) groups excluding carboxylic acids is 4. The highest BCUT2D eigenvalue weighted by Gasteiger charge is 2.51. The number of carboxylic acids is 1. The number of rotatable bonds is 14. The average molecular weight is 747 g/mol. The average Bonchev–Trinajstić information content (AvgIpc) is 4.06. The van der Waals surface area contributed by atoms with Gasteiger partial charge in [-0.3, -0.25) is 23.5 Å². The van der Waals surface area contributed by atoms with Crippen molar-refractivity contribution in [2.75, 3.05) is 24.2 Å². The molecule has 53 heavy (non-hydrogen) atoms. The zero-order valence-corrected chi connectivity index (χ0v) is 29.4. The van der Waals surface area contributed by atoms with Crippen molar-refractivity contribution in [1.82, 2.24) is 16.0 Å². The molecule has 3 amide bonds. The van der Waals surface area contributed by atoms with Gasteiger partial charge in [0.15, 0.2) is 5.78 Å². The van der Waals surface area contributed by atoms with Crippen LogP contribution in [0, 0.1) is 5.82 Å². The summed E-state index contributed by atoms with van der Waals surface area (Å²) in [7, 11) is -2.63. The number of nitrogens with one attached hydrogen (secondary N) is 3. The Hall–Kier alpha value is -6.03. The number of amides is 3. The van der Waals surface area contributed by atoms with Gasteiger partial charge in [0, 0.05) is 42.2 Å². The summed E-state index contributed by atoms with van der Waals surface area (Å²) in [6.45, 7) is -0.707. The summed E-state index contributed by atoms with van der Waals surface area (Å²) in [6, 6.07) is 14.5. The summed E-state index contributed by atoms with van der Waals surface area (Å²) in [6.07, 6.45) is 3.62. The molecule has 4 aromatic rings. The van der Waals surface area contributed by atoms with Crippen molar-refractivity contribution in [2.45, 2.75) is 43.7 Å². The van der Waals surface area contributed by atoms with Crippen LogP contribution in [-0.2, 0) is 31.0 Å². The van der Waals surface area contributed by atoms with Gasteiger partial charge in [0.05, 0.1) is 17.5 Å². The summed E-state index contributed by atoms with van der Waals surface area (Å²) in [4.78, 5) is 63.1. The van der Waals surface area contributed by atoms with Gasteiger partial charge in [0.25, 0.3) is 5.91 Å². The van der Waals surface area contributed by atoms with Gasteiger partial charge in [0.1, 0.15) is 29.2 Å². The Morgan fingerprint density at radius 3 is 2.32 bits per heavy atom. The molecule has 2 fully saturated rings. The monoisotopic (exact) mass is 746 g/mol. The maximum absolute atomic E-state index is 13.7. The van der Waals surface area contributed by atoms with Crippen LogP contribution in [0.2, 0.25) is 0 Å². The highest BCUT2D eigenvalue weighted by Crippen LogP contribution is 2.48. The molecule has 2 aliphatic rings. The Bertz CT molecular complexity index is 2310. The van der Waals surface area contributed by atoms with Gasteiger partial charge in [-0.1, -0.05) is 18.2 Å². The predicted molar refractivity (Wildman–Crippen MR) is 190 cm³/mol. The molecule has 14 nitrogen and oxygen atoms in total. The molecule has 1 heterocycles. The summed E-state index contributed by atoms with van der Waals surface area (Å²) in [5.74, 6) is -5.61. The van der Waals surface area contributed by atoms with Crippen LogP contribution in [0.1, 0.15) is 63.4 Å². The number of halogens is 1. The molecule has 0 radical (unpaired) electrons. The number of aliphatic hydroxyl groups excluding tert-OH is 1. The zero-order valence-electron chi connectivity index (χ0n) is 28.6. The molecule has 0 saturated heterocycles. The first-order valence-electron chi connectivity index (χ1n) is 16.5. The highest BCUT2D eigenvalue weighted by molar-refractivity contribution is 7.92. The molecule has 276 valence electrons. The molecular formula is C37H35FN4O10S. The van der Waals surface area contributed by atoms with Crippen molar-refractivity contribution < 1.29 is 51.4 Å². The first-order chi connectivity index (χ1) is 25.1. The van der Waals surface area contributed by atoms with E-state index >= 15 is 0 Å². The molecule has 0 unspecified atom stereocenters. The molecular weight excluding hydrogens is 711 g/mol. The van der Waals surface area contributed by atoms with Crippen molar-refractivity contribution in [2.24, 2.45) is 0 Å². The number of carbonyl (C=O) groups is 5. The SMILES string of the molecule is CNC(=O)c1c(-c2ccc(F)cc2)oc2cc(N(CC(=O)NC3(C(=O)NCc4cccc(C(=O)C=C(O)C(=O)O)c4)CC3)S(C)(=O)=O)c(C3CC3)cc12. The molecule has 0 bridgehead atoms. The molecule has 1 aromatic heterocycles. The third-order valence-electron chi connectivity index (χ3n) is 9.09. The number of benzene rings is 3. The van der Waals surface area contributed by atoms with Crippen LogP contribution in [0.15, 0.2) is 76.9 Å². The maximum atomic E-state index is 13.7. The molecule has 2 saturated carbocycles. The van der Waals surface area contributed by atoms with E-state index in [9.17, 15) is 41.9 Å². The lowest BCUT2D eigenvalue weighted by atomic mass is 10.0. The van der Waals surface area contributed by atoms with Gasteiger partial charge in [-0.15, -0.1) is 0 Å². The van der Waals surface area contributed by atoms with Crippen molar-refractivity contribution in [3.05, 3.63) is 101 Å². The predicted octanol–water partition coefficient (Wildman–Crippen LogP) is 3.92. The van der Waals surface area contributed by atoms with Gasteiger partial charge in [0.2, 0.25) is 27.6 Å². The van der Waals surface area contributed by atoms with E-state index < -0.39 is 63.2 Å². The number of aliphatic carboxylic acids is 1. The fraction of sp³-hybridized carbons (Fsp3) is 0.270. The number of furan rings is 1. The fourth-order valence-corrected chi connectivity index (χ4v) is 6.92. The van der Waals surface area contributed by atoms with E-state index in [0.717, 1.165) is 23.4 Å². The van der Waals surface area contributed by atoms with Crippen LogP contribution in [0.4, 0.5) is 10.1 Å². The van der Waals surface area contributed by atoms with Crippen molar-refractivity contribution in [3.8, 4) is 11.3 Å². The van der Waals surface area contributed by atoms with Gasteiger partial charge in [-0.2, -0.15) is 0 Å². The molecule has 5 N–H and O–H groups in total. The summed E-state index contributed by atoms with van der Waals surface area (Å²) in [5.41, 5.74) is 0.861. The summed E-state index contributed by atoms with van der Waals surface area (Å²) in [5, 5.41) is 26.6. The van der Waals surface area contributed by atoms with E-state index in [1.165, 1.54) is 55.6 Å². The largest absolute Gasteiger partial charge is 0.502 e. The standard InChI is InChI=1S/C37H35FN4O10S/c1-39-34(46)32-26-15-25(21-6-7-21)27(16-30(26)52-33(32)22-8-10-24(38)11-9-22)42(53(2,50)51)19-31(45)41-37(12-13-37)36(49)40-18-20-4-3-5-23(14-20)28(43)17-29(44)35(47)48/h3-5,8-11,14-17,21,44H,6-7,12-13,18-19H2,1-2H3,(H,39,46)(H,40,49)(H,41,45)(H,47,48). The van der Waals surface area contributed by atoms with Crippen LogP contribution < -0.4 is 20.3 Å². The molecule has 6 rings (SSSR count). The third kappa shape index (κ3) is 7.91. The number of sulfonamides is 1. The Morgan fingerprint density at radius 2 is 1.72 bits per heavy atom. The Labute approximate surface area is 302 Å². The number of aliphatic hydroxyl groups is 1. The number of anilines is 1. The van der Waals surface area contributed by atoms with Crippen LogP contribution >= 0.6 is 0 Å². The second-order valence-electron chi connectivity index (χ2n) is 13.1. The van der Waals surface area contributed by atoms with E-state index in [1.54, 1.807) is 12.1 Å². The Kier molecular flexibility index (Phi) is 9.83. The summed E-state index contributed by atoms with van der Waals surface area (Å²) >= 11 is 0. The summed E-state index contributed by atoms with van der Waals surface area (Å²) < 4.78 is 47.4. The number of hydrogen-bond acceptors (Lipinski definition) is 9. The van der Waals surface area contributed by atoms with Crippen LogP contribution in [0.25, 0.3) is 22.3 Å². The van der Waals surface area contributed by atoms with E-state index in [4.69, 9.17) is 9.52 Å². The van der Waals surface area contributed by atoms with Crippen LogP contribution in [-0.4, -0.2) is 73.5 Å².